The maximum atomic E-state index is 10.0. The molecule has 1 unspecified atom stereocenters. The van der Waals surface area contributed by atoms with Crippen molar-refractivity contribution in [2.24, 2.45) is 5.92 Å². The zero-order chi connectivity index (χ0) is 10.7. The molecule has 0 aromatic carbocycles. The molecule has 1 aliphatic heterocycles. The minimum atomic E-state index is -0.398. The first-order valence-electron chi connectivity index (χ1n) is 6.60. The zero-order valence-electron chi connectivity index (χ0n) is 10.0. The molecule has 1 heterocycles. The van der Waals surface area contributed by atoms with Gasteiger partial charge in [-0.3, -0.25) is 0 Å². The molecular formula is C13H25NO. The Morgan fingerprint density at radius 1 is 1.13 bits per heavy atom. The number of nitrogens with zero attached hydrogens (tertiary/aromatic N) is 1. The van der Waals surface area contributed by atoms with Gasteiger partial charge in [-0.25, -0.2) is 0 Å². The molecule has 2 aliphatic rings. The van der Waals surface area contributed by atoms with Gasteiger partial charge in [0, 0.05) is 13.1 Å². The lowest BCUT2D eigenvalue weighted by atomic mass is 9.98. The summed E-state index contributed by atoms with van der Waals surface area (Å²) in [5.41, 5.74) is -0.398. The second-order valence-corrected chi connectivity index (χ2v) is 5.80. The van der Waals surface area contributed by atoms with Gasteiger partial charge in [0.2, 0.25) is 0 Å². The molecule has 1 N–H and O–H groups in total. The average molecular weight is 211 g/mol. The highest BCUT2D eigenvalue weighted by molar-refractivity contribution is 4.80. The Kier molecular flexibility index (Phi) is 3.68. The molecule has 0 spiro atoms. The van der Waals surface area contributed by atoms with Crippen LogP contribution in [0.2, 0.25) is 0 Å². The lowest BCUT2D eigenvalue weighted by molar-refractivity contribution is 0.0442. The molecule has 2 nitrogen and oxygen atoms in total. The Morgan fingerprint density at radius 2 is 1.87 bits per heavy atom. The molecule has 15 heavy (non-hydrogen) atoms. The van der Waals surface area contributed by atoms with Crippen LogP contribution in [0.1, 0.15) is 51.9 Å². The van der Waals surface area contributed by atoms with Gasteiger partial charge < -0.3 is 10.0 Å². The highest BCUT2D eigenvalue weighted by Gasteiger charge is 2.26. The minimum absolute atomic E-state index is 0.398. The smallest absolute Gasteiger partial charge is 0.0632 e. The number of aliphatic hydroxyl groups is 1. The van der Waals surface area contributed by atoms with Gasteiger partial charge in [0.25, 0.3) is 0 Å². The van der Waals surface area contributed by atoms with E-state index >= 15 is 0 Å². The summed E-state index contributed by atoms with van der Waals surface area (Å²) in [5, 5.41) is 10.0. The summed E-state index contributed by atoms with van der Waals surface area (Å²) in [6.45, 7) is 5.58. The monoisotopic (exact) mass is 211 g/mol. The summed E-state index contributed by atoms with van der Waals surface area (Å²) in [6, 6.07) is 0. The first-order valence-corrected chi connectivity index (χ1v) is 6.60. The average Bonchev–Trinajstić information content (AvgIpc) is 2.60. The Bertz CT molecular complexity index is 197. The van der Waals surface area contributed by atoms with E-state index in [-0.39, 0.29) is 0 Å². The standard InChI is InChI=1S/C13H25NO/c1-13(15)7-4-9-14(10-8-13)11-12-5-2-3-6-12/h12,15H,2-11H2,1H3. The van der Waals surface area contributed by atoms with E-state index in [0.717, 1.165) is 25.3 Å². The third kappa shape index (κ3) is 3.46. The highest BCUT2D eigenvalue weighted by atomic mass is 16.3. The largest absolute Gasteiger partial charge is 0.390 e. The molecule has 0 radical (unpaired) electrons. The van der Waals surface area contributed by atoms with E-state index in [9.17, 15) is 5.11 Å². The summed E-state index contributed by atoms with van der Waals surface area (Å²) in [5.74, 6) is 0.952. The van der Waals surface area contributed by atoms with E-state index in [0.29, 0.717) is 0 Å². The summed E-state index contributed by atoms with van der Waals surface area (Å²) in [7, 11) is 0. The van der Waals surface area contributed by atoms with Crippen LogP contribution in [0.25, 0.3) is 0 Å². The van der Waals surface area contributed by atoms with Gasteiger partial charge in [0.05, 0.1) is 5.60 Å². The van der Waals surface area contributed by atoms with Crippen LogP contribution in [0.15, 0.2) is 0 Å². The molecule has 1 saturated heterocycles. The maximum Gasteiger partial charge on any atom is 0.0632 e. The summed E-state index contributed by atoms with van der Waals surface area (Å²) >= 11 is 0. The lowest BCUT2D eigenvalue weighted by Crippen LogP contribution is -2.31. The third-order valence-corrected chi connectivity index (χ3v) is 4.15. The molecule has 1 saturated carbocycles. The molecule has 2 rings (SSSR count). The van der Waals surface area contributed by atoms with Gasteiger partial charge in [-0.15, -0.1) is 0 Å². The predicted octanol–water partition coefficient (Wildman–Crippen LogP) is 2.41. The lowest BCUT2D eigenvalue weighted by Gasteiger charge is -2.24. The van der Waals surface area contributed by atoms with Crippen LogP contribution in [-0.4, -0.2) is 35.2 Å². The van der Waals surface area contributed by atoms with Crippen molar-refractivity contribution < 1.29 is 5.11 Å². The minimum Gasteiger partial charge on any atom is -0.390 e. The van der Waals surface area contributed by atoms with Gasteiger partial charge in [-0.2, -0.15) is 0 Å². The summed E-state index contributed by atoms with van der Waals surface area (Å²) < 4.78 is 0. The number of hydrogen-bond donors (Lipinski definition) is 1. The first-order chi connectivity index (χ1) is 7.16. The van der Waals surface area contributed by atoms with E-state index in [1.807, 2.05) is 6.92 Å². The second kappa shape index (κ2) is 4.84. The summed E-state index contributed by atoms with van der Waals surface area (Å²) in [4.78, 5) is 2.58. The van der Waals surface area contributed by atoms with Crippen LogP contribution in [0.3, 0.4) is 0 Å². The van der Waals surface area contributed by atoms with E-state index in [1.165, 1.54) is 45.2 Å². The predicted molar refractivity (Wildman–Crippen MR) is 62.9 cm³/mol. The van der Waals surface area contributed by atoms with Crippen LogP contribution in [0, 0.1) is 5.92 Å². The molecule has 2 heteroatoms. The molecule has 0 aromatic rings. The zero-order valence-corrected chi connectivity index (χ0v) is 10.0. The molecule has 1 aliphatic carbocycles. The van der Waals surface area contributed by atoms with Crippen LogP contribution in [-0.2, 0) is 0 Å². The van der Waals surface area contributed by atoms with Crippen molar-refractivity contribution in [3.05, 3.63) is 0 Å². The van der Waals surface area contributed by atoms with Crippen molar-refractivity contribution in [3.8, 4) is 0 Å². The van der Waals surface area contributed by atoms with Gasteiger partial charge in [-0.1, -0.05) is 12.8 Å². The molecule has 88 valence electrons. The van der Waals surface area contributed by atoms with E-state index in [4.69, 9.17) is 0 Å². The van der Waals surface area contributed by atoms with Gasteiger partial charge >= 0.3 is 0 Å². The van der Waals surface area contributed by atoms with Gasteiger partial charge in [-0.05, 0) is 51.5 Å². The van der Waals surface area contributed by atoms with E-state index in [1.54, 1.807) is 0 Å². The van der Waals surface area contributed by atoms with E-state index < -0.39 is 5.60 Å². The molecule has 0 amide bonds. The van der Waals surface area contributed by atoms with Gasteiger partial charge in [0.1, 0.15) is 0 Å². The quantitative estimate of drug-likeness (QED) is 0.758. The molecule has 0 aromatic heterocycles. The third-order valence-electron chi connectivity index (χ3n) is 4.15. The van der Waals surface area contributed by atoms with Crippen LogP contribution >= 0.6 is 0 Å². The van der Waals surface area contributed by atoms with Crippen molar-refractivity contribution in [1.82, 2.24) is 4.90 Å². The van der Waals surface area contributed by atoms with E-state index in [2.05, 4.69) is 4.90 Å². The Morgan fingerprint density at radius 3 is 2.60 bits per heavy atom. The SMILES string of the molecule is CC1(O)CCCN(CC2CCCC2)CC1. The van der Waals surface area contributed by atoms with Gasteiger partial charge in [0.15, 0.2) is 0 Å². The Labute approximate surface area is 93.7 Å². The Hall–Kier alpha value is -0.0800. The molecule has 0 bridgehead atoms. The second-order valence-electron chi connectivity index (χ2n) is 5.80. The fraction of sp³-hybridized carbons (Fsp3) is 1.00. The van der Waals surface area contributed by atoms with Crippen LogP contribution < -0.4 is 0 Å². The molecule has 2 fully saturated rings. The van der Waals surface area contributed by atoms with Crippen molar-refractivity contribution in [1.29, 1.82) is 0 Å². The van der Waals surface area contributed by atoms with Crippen LogP contribution in [0.4, 0.5) is 0 Å². The first kappa shape index (κ1) is 11.4. The topological polar surface area (TPSA) is 23.5 Å². The van der Waals surface area contributed by atoms with Crippen molar-refractivity contribution in [2.45, 2.75) is 57.5 Å². The molecular weight excluding hydrogens is 186 g/mol. The number of likely N-dealkylation sites (tertiary alicyclic amines) is 1. The van der Waals surface area contributed by atoms with Crippen molar-refractivity contribution in [3.63, 3.8) is 0 Å². The Balaban J connectivity index is 1.78. The van der Waals surface area contributed by atoms with Crippen molar-refractivity contribution in [2.75, 3.05) is 19.6 Å². The number of rotatable bonds is 2. The maximum absolute atomic E-state index is 10.0. The summed E-state index contributed by atoms with van der Waals surface area (Å²) in [6.07, 6.45) is 8.86. The molecule has 1 atom stereocenters. The fourth-order valence-electron chi connectivity index (χ4n) is 3.06. The normalized spacial score (nSPS) is 35.6. The fourth-order valence-corrected chi connectivity index (χ4v) is 3.06. The van der Waals surface area contributed by atoms with Crippen LogP contribution in [0.5, 0.6) is 0 Å². The number of hydrogen-bond acceptors (Lipinski definition) is 2. The highest BCUT2D eigenvalue weighted by Crippen LogP contribution is 2.27. The van der Waals surface area contributed by atoms with Crippen molar-refractivity contribution >= 4 is 0 Å².